The Balaban J connectivity index is 2.24. The van der Waals surface area contributed by atoms with Crippen LogP contribution in [0.3, 0.4) is 0 Å². The molecule has 0 spiro atoms. The van der Waals surface area contributed by atoms with Gasteiger partial charge in [-0.1, -0.05) is 18.2 Å². The molecule has 1 N–H and O–H groups in total. The van der Waals surface area contributed by atoms with Gasteiger partial charge in [0.15, 0.2) is 5.69 Å². The molecule has 0 aliphatic carbocycles. The number of para-hydroxylation sites is 1. The van der Waals surface area contributed by atoms with E-state index in [9.17, 15) is 4.79 Å². The largest absolute Gasteiger partial charge is 0.383 e. The maximum atomic E-state index is 12.5. The molecule has 2 rings (SSSR count). The molecule has 6 heteroatoms. The van der Waals surface area contributed by atoms with Crippen LogP contribution >= 0.6 is 0 Å². The zero-order chi connectivity index (χ0) is 14.4. The van der Waals surface area contributed by atoms with E-state index in [2.05, 4.69) is 10.2 Å². The molecular formula is C14H16N4O2. The van der Waals surface area contributed by atoms with Gasteiger partial charge in [0.2, 0.25) is 0 Å². The fraction of sp³-hybridized carbons (Fsp3) is 0.357. The lowest BCUT2D eigenvalue weighted by atomic mass is 10.2. The number of fused-ring (bicyclic) bond motifs is 1. The van der Waals surface area contributed by atoms with Gasteiger partial charge < -0.3 is 9.64 Å². The predicted octanol–water partition coefficient (Wildman–Crippen LogP) is 1.57. The standard InChI is InChI=1S/C14H16N4O2/c1-20-10-9-18(8-4-7-15)14(19)13-11-5-2-3-6-12(11)16-17-13/h2-3,5-6H,4,8-10H2,1H3,(H,16,17). The number of H-pyrrole nitrogens is 1. The summed E-state index contributed by atoms with van der Waals surface area (Å²) < 4.78 is 5.00. The zero-order valence-electron chi connectivity index (χ0n) is 11.3. The van der Waals surface area contributed by atoms with Crippen LogP contribution in [-0.4, -0.2) is 47.8 Å². The molecule has 0 radical (unpaired) electrons. The Kier molecular flexibility index (Phi) is 4.69. The fourth-order valence-electron chi connectivity index (χ4n) is 1.98. The number of benzene rings is 1. The van der Waals surface area contributed by atoms with Crippen molar-refractivity contribution in [1.82, 2.24) is 15.1 Å². The lowest BCUT2D eigenvalue weighted by Crippen LogP contribution is -2.35. The number of hydrogen-bond donors (Lipinski definition) is 1. The topological polar surface area (TPSA) is 82.0 Å². The maximum Gasteiger partial charge on any atom is 0.275 e. The molecule has 0 fully saturated rings. The molecule has 20 heavy (non-hydrogen) atoms. The number of nitrogens with one attached hydrogen (secondary N) is 1. The Morgan fingerprint density at radius 3 is 3.00 bits per heavy atom. The summed E-state index contributed by atoms with van der Waals surface area (Å²) in [6.45, 7) is 1.25. The van der Waals surface area contributed by atoms with Crippen LogP contribution in [0, 0.1) is 11.3 Å². The minimum absolute atomic E-state index is 0.185. The molecule has 0 aliphatic rings. The summed E-state index contributed by atoms with van der Waals surface area (Å²) >= 11 is 0. The molecule has 0 unspecified atom stereocenters. The molecule has 2 aromatic rings. The van der Waals surface area contributed by atoms with Gasteiger partial charge in [-0.25, -0.2) is 0 Å². The molecule has 0 atom stereocenters. The van der Waals surface area contributed by atoms with Gasteiger partial charge in [-0.15, -0.1) is 0 Å². The molecule has 1 amide bonds. The van der Waals surface area contributed by atoms with E-state index in [-0.39, 0.29) is 12.3 Å². The van der Waals surface area contributed by atoms with Gasteiger partial charge in [0.1, 0.15) is 0 Å². The van der Waals surface area contributed by atoms with Crippen molar-refractivity contribution in [1.29, 1.82) is 5.26 Å². The van der Waals surface area contributed by atoms with Gasteiger partial charge in [-0.3, -0.25) is 9.89 Å². The number of ether oxygens (including phenoxy) is 1. The van der Waals surface area contributed by atoms with E-state index in [0.717, 1.165) is 10.9 Å². The van der Waals surface area contributed by atoms with Crippen molar-refractivity contribution in [2.45, 2.75) is 6.42 Å². The third kappa shape index (κ3) is 2.95. The fourth-order valence-corrected chi connectivity index (χ4v) is 1.98. The summed E-state index contributed by atoms with van der Waals surface area (Å²) in [7, 11) is 1.58. The minimum Gasteiger partial charge on any atom is -0.383 e. The first-order chi connectivity index (χ1) is 9.77. The Labute approximate surface area is 116 Å². The van der Waals surface area contributed by atoms with Crippen LogP contribution in [0.4, 0.5) is 0 Å². The Bertz CT molecular complexity index is 629. The van der Waals surface area contributed by atoms with Crippen molar-refractivity contribution in [2.75, 3.05) is 26.8 Å². The summed E-state index contributed by atoms with van der Waals surface area (Å²) in [4.78, 5) is 14.1. The normalized spacial score (nSPS) is 10.4. The summed E-state index contributed by atoms with van der Waals surface area (Å²) in [5.41, 5.74) is 1.21. The van der Waals surface area contributed by atoms with E-state index in [1.165, 1.54) is 0 Å². The van der Waals surface area contributed by atoms with Crippen molar-refractivity contribution in [3.63, 3.8) is 0 Å². The van der Waals surface area contributed by atoms with Crippen LogP contribution in [0.5, 0.6) is 0 Å². The van der Waals surface area contributed by atoms with Gasteiger partial charge >= 0.3 is 0 Å². The third-order valence-electron chi connectivity index (χ3n) is 3.02. The van der Waals surface area contributed by atoms with Crippen LogP contribution < -0.4 is 0 Å². The van der Waals surface area contributed by atoms with Gasteiger partial charge in [0, 0.05) is 25.6 Å². The molecule has 0 aliphatic heterocycles. The number of methoxy groups -OCH3 is 1. The number of rotatable bonds is 6. The lowest BCUT2D eigenvalue weighted by Gasteiger charge is -2.20. The van der Waals surface area contributed by atoms with Gasteiger partial charge in [0.25, 0.3) is 5.91 Å². The van der Waals surface area contributed by atoms with Crippen LogP contribution in [-0.2, 0) is 4.74 Å². The van der Waals surface area contributed by atoms with Gasteiger partial charge in [-0.2, -0.15) is 10.4 Å². The van der Waals surface area contributed by atoms with Crippen molar-refractivity contribution >= 4 is 16.8 Å². The molecule has 1 aromatic carbocycles. The van der Waals surface area contributed by atoms with Crippen molar-refractivity contribution in [3.8, 4) is 6.07 Å². The summed E-state index contributed by atoms with van der Waals surface area (Å²) in [5, 5.41) is 16.4. The van der Waals surface area contributed by atoms with Crippen molar-refractivity contribution < 1.29 is 9.53 Å². The average Bonchev–Trinajstić information content (AvgIpc) is 2.91. The highest BCUT2D eigenvalue weighted by Crippen LogP contribution is 2.16. The SMILES string of the molecule is COCCN(CCC#N)C(=O)c1n[nH]c2ccccc12. The first-order valence-electron chi connectivity index (χ1n) is 6.36. The number of nitriles is 1. The number of carbonyl (C=O) groups is 1. The van der Waals surface area contributed by atoms with Crippen LogP contribution in [0.25, 0.3) is 10.9 Å². The number of nitrogens with zero attached hydrogens (tertiary/aromatic N) is 3. The van der Waals surface area contributed by atoms with Gasteiger partial charge in [-0.05, 0) is 6.07 Å². The molecule has 1 aromatic heterocycles. The number of aromatic nitrogens is 2. The van der Waals surface area contributed by atoms with Crippen LogP contribution in [0.2, 0.25) is 0 Å². The Hall–Kier alpha value is -2.39. The minimum atomic E-state index is -0.185. The van der Waals surface area contributed by atoms with Crippen molar-refractivity contribution in [2.24, 2.45) is 0 Å². The highest BCUT2D eigenvalue weighted by molar-refractivity contribution is 6.04. The van der Waals surface area contributed by atoms with E-state index in [1.807, 2.05) is 30.3 Å². The van der Waals surface area contributed by atoms with E-state index in [1.54, 1.807) is 12.0 Å². The molecule has 0 saturated carbocycles. The zero-order valence-corrected chi connectivity index (χ0v) is 11.3. The van der Waals surface area contributed by atoms with E-state index in [0.29, 0.717) is 25.4 Å². The smallest absolute Gasteiger partial charge is 0.275 e. The number of amides is 1. The maximum absolute atomic E-state index is 12.5. The molecular weight excluding hydrogens is 256 g/mol. The quantitative estimate of drug-likeness (QED) is 0.865. The molecule has 6 nitrogen and oxygen atoms in total. The van der Waals surface area contributed by atoms with Crippen LogP contribution in [0.1, 0.15) is 16.9 Å². The van der Waals surface area contributed by atoms with E-state index >= 15 is 0 Å². The second kappa shape index (κ2) is 6.68. The number of carbonyl (C=O) groups excluding carboxylic acids is 1. The predicted molar refractivity (Wildman–Crippen MR) is 74.1 cm³/mol. The average molecular weight is 272 g/mol. The highest BCUT2D eigenvalue weighted by Gasteiger charge is 2.20. The molecule has 1 heterocycles. The monoisotopic (exact) mass is 272 g/mol. The highest BCUT2D eigenvalue weighted by atomic mass is 16.5. The summed E-state index contributed by atoms with van der Waals surface area (Å²) in [6, 6.07) is 9.52. The first-order valence-corrected chi connectivity index (χ1v) is 6.36. The lowest BCUT2D eigenvalue weighted by molar-refractivity contribution is 0.0696. The Morgan fingerprint density at radius 2 is 2.25 bits per heavy atom. The van der Waals surface area contributed by atoms with E-state index in [4.69, 9.17) is 10.00 Å². The molecule has 0 bridgehead atoms. The van der Waals surface area contributed by atoms with Crippen molar-refractivity contribution in [3.05, 3.63) is 30.0 Å². The summed E-state index contributed by atoms with van der Waals surface area (Å²) in [6.07, 6.45) is 0.289. The molecule has 0 saturated heterocycles. The first kappa shape index (κ1) is 14.0. The van der Waals surface area contributed by atoms with Gasteiger partial charge in [0.05, 0.1) is 24.6 Å². The van der Waals surface area contributed by atoms with E-state index < -0.39 is 0 Å². The third-order valence-corrected chi connectivity index (χ3v) is 3.02. The second-order valence-electron chi connectivity index (χ2n) is 4.31. The second-order valence-corrected chi connectivity index (χ2v) is 4.31. The summed E-state index contributed by atoms with van der Waals surface area (Å²) in [5.74, 6) is -0.185. The number of hydrogen-bond acceptors (Lipinski definition) is 4. The number of aromatic amines is 1. The van der Waals surface area contributed by atoms with Crippen LogP contribution in [0.15, 0.2) is 24.3 Å². The molecule has 104 valence electrons. The Morgan fingerprint density at radius 1 is 1.45 bits per heavy atom.